The zero-order chi connectivity index (χ0) is 13.3. The zero-order valence-electron chi connectivity index (χ0n) is 9.71. The van der Waals surface area contributed by atoms with Gasteiger partial charge in [0.15, 0.2) is 0 Å². The zero-order valence-corrected chi connectivity index (χ0v) is 11.3. The van der Waals surface area contributed by atoms with E-state index in [1.807, 2.05) is 0 Å². The van der Waals surface area contributed by atoms with Gasteiger partial charge in [0.1, 0.15) is 4.90 Å². The molecule has 0 aliphatic heterocycles. The quantitative estimate of drug-likeness (QED) is 0.817. The van der Waals surface area contributed by atoms with E-state index in [9.17, 15) is 13.2 Å². The van der Waals surface area contributed by atoms with Gasteiger partial charge in [-0.3, -0.25) is 4.79 Å². The minimum atomic E-state index is -3.62. The number of nitrogens with zero attached hydrogens (tertiary/aromatic N) is 1. The van der Waals surface area contributed by atoms with Crippen molar-refractivity contribution in [2.75, 3.05) is 13.1 Å². The van der Waals surface area contributed by atoms with Gasteiger partial charge in [0.25, 0.3) is 0 Å². The van der Waals surface area contributed by atoms with Crippen molar-refractivity contribution in [1.29, 1.82) is 0 Å². The Morgan fingerprint density at radius 3 is 2.83 bits per heavy atom. The number of benzene rings is 1. The van der Waals surface area contributed by atoms with E-state index in [1.165, 1.54) is 10.6 Å². The Hall–Kier alpha value is -1.22. The molecular formula is C10H13N3O3S2. The second-order valence-corrected chi connectivity index (χ2v) is 6.41. The molecule has 0 fully saturated rings. The molecule has 8 heteroatoms. The van der Waals surface area contributed by atoms with Crippen LogP contribution in [-0.2, 0) is 17.1 Å². The Balaban J connectivity index is 2.65. The second-order valence-electron chi connectivity index (χ2n) is 3.72. The maximum absolute atomic E-state index is 12.1. The molecule has 0 atom stereocenters. The van der Waals surface area contributed by atoms with Crippen LogP contribution in [0.1, 0.15) is 0 Å². The van der Waals surface area contributed by atoms with Crippen LogP contribution in [-0.4, -0.2) is 26.1 Å². The first-order valence-corrected chi connectivity index (χ1v) is 7.55. The third-order valence-corrected chi connectivity index (χ3v) is 5.22. The monoisotopic (exact) mass is 287 g/mol. The molecule has 1 aromatic carbocycles. The molecule has 0 radical (unpaired) electrons. The summed E-state index contributed by atoms with van der Waals surface area (Å²) in [5.41, 5.74) is 5.89. The first-order chi connectivity index (χ1) is 8.47. The maximum Gasteiger partial charge on any atom is 0.307 e. The molecule has 2 rings (SSSR count). The smallest absolute Gasteiger partial charge is 0.307 e. The Labute approximate surface area is 108 Å². The minimum absolute atomic E-state index is 0.121. The summed E-state index contributed by atoms with van der Waals surface area (Å²) in [4.78, 5) is 11.5. The number of aryl methyl sites for hydroxylation is 1. The number of hydrogen-bond acceptors (Lipinski definition) is 5. The Morgan fingerprint density at radius 2 is 2.17 bits per heavy atom. The van der Waals surface area contributed by atoms with Crippen LogP contribution in [0.15, 0.2) is 27.9 Å². The number of nitrogens with two attached hydrogens (primary N) is 1. The lowest BCUT2D eigenvalue weighted by Crippen LogP contribution is -2.29. The Morgan fingerprint density at radius 1 is 1.44 bits per heavy atom. The highest BCUT2D eigenvalue weighted by Gasteiger charge is 2.19. The molecule has 0 aliphatic rings. The first-order valence-electron chi connectivity index (χ1n) is 5.25. The summed E-state index contributed by atoms with van der Waals surface area (Å²) in [5.74, 6) is 0. The molecule has 0 saturated heterocycles. The molecule has 1 heterocycles. The molecule has 6 nitrogen and oxygen atoms in total. The van der Waals surface area contributed by atoms with Crippen molar-refractivity contribution >= 4 is 31.6 Å². The summed E-state index contributed by atoms with van der Waals surface area (Å²) in [5, 5.41) is 0. The summed E-state index contributed by atoms with van der Waals surface area (Å²) in [6.07, 6.45) is 0. The fourth-order valence-electron chi connectivity index (χ4n) is 1.61. The lowest BCUT2D eigenvalue weighted by molar-refractivity contribution is 0.583. The molecule has 0 aliphatic carbocycles. The molecule has 2 aromatic rings. The lowest BCUT2D eigenvalue weighted by Gasteiger charge is -2.06. The van der Waals surface area contributed by atoms with Gasteiger partial charge >= 0.3 is 4.87 Å². The van der Waals surface area contributed by atoms with Crippen LogP contribution in [0.4, 0.5) is 0 Å². The van der Waals surface area contributed by atoms with E-state index in [4.69, 9.17) is 5.73 Å². The summed E-state index contributed by atoms with van der Waals surface area (Å²) in [6, 6.07) is 4.82. The highest BCUT2D eigenvalue weighted by Crippen LogP contribution is 2.24. The fraction of sp³-hybridized carbons (Fsp3) is 0.300. The second kappa shape index (κ2) is 4.81. The van der Waals surface area contributed by atoms with Crippen molar-refractivity contribution in [2.45, 2.75) is 4.90 Å². The Bertz CT molecular complexity index is 730. The van der Waals surface area contributed by atoms with Crippen LogP contribution in [0.5, 0.6) is 0 Å². The Kier molecular flexibility index (Phi) is 3.53. The van der Waals surface area contributed by atoms with Crippen LogP contribution < -0.4 is 15.3 Å². The topological polar surface area (TPSA) is 94.2 Å². The number of aromatic nitrogens is 1. The number of hydrogen-bond donors (Lipinski definition) is 2. The molecule has 0 spiro atoms. The summed E-state index contributed by atoms with van der Waals surface area (Å²) in [7, 11) is -2.01. The van der Waals surface area contributed by atoms with Gasteiger partial charge in [0.2, 0.25) is 10.0 Å². The summed E-state index contributed by atoms with van der Waals surface area (Å²) < 4.78 is 28.4. The van der Waals surface area contributed by atoms with Crippen LogP contribution in [0.3, 0.4) is 0 Å². The van der Waals surface area contributed by atoms with E-state index < -0.39 is 10.0 Å². The molecule has 3 N–H and O–H groups in total. The molecule has 0 saturated carbocycles. The first kappa shape index (κ1) is 13.2. The molecule has 0 bridgehead atoms. The van der Waals surface area contributed by atoms with Crippen molar-refractivity contribution in [3.63, 3.8) is 0 Å². The lowest BCUT2D eigenvalue weighted by atomic mass is 10.3. The molecular weight excluding hydrogens is 274 g/mol. The van der Waals surface area contributed by atoms with E-state index in [1.54, 1.807) is 19.2 Å². The number of fused-ring (bicyclic) bond motifs is 1. The van der Waals surface area contributed by atoms with E-state index in [0.717, 1.165) is 11.3 Å². The van der Waals surface area contributed by atoms with Gasteiger partial charge in [-0.15, -0.1) is 0 Å². The number of nitrogens with one attached hydrogen (secondary N) is 1. The average molecular weight is 287 g/mol. The normalized spacial score (nSPS) is 12.1. The van der Waals surface area contributed by atoms with Gasteiger partial charge in [-0.05, 0) is 12.1 Å². The average Bonchev–Trinajstić information content (AvgIpc) is 2.63. The van der Waals surface area contributed by atoms with Gasteiger partial charge in [-0.1, -0.05) is 17.4 Å². The molecule has 18 heavy (non-hydrogen) atoms. The predicted octanol–water partition coefficient (Wildman–Crippen LogP) is -0.163. The van der Waals surface area contributed by atoms with Gasteiger partial charge in [0, 0.05) is 20.1 Å². The van der Waals surface area contributed by atoms with Gasteiger partial charge < -0.3 is 10.3 Å². The third-order valence-electron chi connectivity index (χ3n) is 2.51. The summed E-state index contributed by atoms with van der Waals surface area (Å²) in [6.45, 7) is 0.390. The van der Waals surface area contributed by atoms with E-state index >= 15 is 0 Å². The van der Waals surface area contributed by atoms with Gasteiger partial charge in [-0.2, -0.15) is 0 Å². The van der Waals surface area contributed by atoms with Crippen LogP contribution in [0, 0.1) is 0 Å². The fourth-order valence-corrected chi connectivity index (χ4v) is 4.10. The van der Waals surface area contributed by atoms with Crippen molar-refractivity contribution in [3.05, 3.63) is 27.9 Å². The molecule has 1 aromatic heterocycles. The third kappa shape index (κ3) is 2.19. The highest BCUT2D eigenvalue weighted by molar-refractivity contribution is 7.90. The summed E-state index contributed by atoms with van der Waals surface area (Å²) >= 11 is 0.923. The maximum atomic E-state index is 12.1. The molecule has 98 valence electrons. The number of sulfonamides is 1. The van der Waals surface area contributed by atoms with Crippen LogP contribution in [0.25, 0.3) is 10.2 Å². The van der Waals surface area contributed by atoms with Crippen molar-refractivity contribution in [3.8, 4) is 0 Å². The molecule has 0 unspecified atom stereocenters. The van der Waals surface area contributed by atoms with Crippen molar-refractivity contribution in [1.82, 2.24) is 9.29 Å². The van der Waals surface area contributed by atoms with Crippen molar-refractivity contribution in [2.24, 2.45) is 12.8 Å². The largest absolute Gasteiger partial charge is 0.329 e. The van der Waals surface area contributed by atoms with Gasteiger partial charge in [-0.25, -0.2) is 13.1 Å². The standard InChI is InChI=1S/C10H13N3O3S2/c1-13-7-3-2-4-8(9(7)17-10(13)14)18(15,16)12-6-5-11/h2-4,12H,5-6,11H2,1H3. The number of rotatable bonds is 4. The van der Waals surface area contributed by atoms with Gasteiger partial charge in [0.05, 0.1) is 10.2 Å². The van der Waals surface area contributed by atoms with Crippen LogP contribution in [0.2, 0.25) is 0 Å². The van der Waals surface area contributed by atoms with E-state index in [0.29, 0.717) is 10.2 Å². The number of thiazole rings is 1. The molecule has 0 amide bonds. The van der Waals surface area contributed by atoms with E-state index in [-0.39, 0.29) is 22.9 Å². The predicted molar refractivity (Wildman–Crippen MR) is 71.3 cm³/mol. The minimum Gasteiger partial charge on any atom is -0.329 e. The highest BCUT2D eigenvalue weighted by atomic mass is 32.2. The SMILES string of the molecule is Cn1c(=O)sc2c(S(=O)(=O)NCCN)cccc21. The van der Waals surface area contributed by atoms with E-state index in [2.05, 4.69) is 4.72 Å². The van der Waals surface area contributed by atoms with Crippen molar-refractivity contribution < 1.29 is 8.42 Å². The van der Waals surface area contributed by atoms with Crippen LogP contribution >= 0.6 is 11.3 Å².